The van der Waals surface area contributed by atoms with Gasteiger partial charge in [-0.2, -0.15) is 0 Å². The van der Waals surface area contributed by atoms with E-state index in [1.165, 1.54) is 0 Å². The van der Waals surface area contributed by atoms with Crippen LogP contribution in [0.25, 0.3) is 0 Å². The Labute approximate surface area is 72.1 Å². The Balaban J connectivity index is 2.58. The number of hydrogen-bond donors (Lipinski definition) is 3. The third-order valence-electron chi connectivity index (χ3n) is 1.62. The van der Waals surface area contributed by atoms with Crippen LogP contribution in [-0.4, -0.2) is 11.9 Å². The molecule has 1 atom stereocenters. The Hall–Kier alpha value is -1.51. The fourth-order valence-corrected chi connectivity index (χ4v) is 0.862. The van der Waals surface area contributed by atoms with E-state index in [-0.39, 0.29) is 11.9 Å². The Bertz CT molecular complexity index is 256. The van der Waals surface area contributed by atoms with E-state index >= 15 is 0 Å². The second kappa shape index (κ2) is 3.76. The third-order valence-corrected chi connectivity index (χ3v) is 1.62. The summed E-state index contributed by atoms with van der Waals surface area (Å²) in [5.41, 5.74) is 6.29. The zero-order valence-electron chi connectivity index (χ0n) is 7.04. The van der Waals surface area contributed by atoms with E-state index in [0.29, 0.717) is 0 Å². The van der Waals surface area contributed by atoms with E-state index in [9.17, 15) is 0 Å². The summed E-state index contributed by atoms with van der Waals surface area (Å²) in [6.45, 7) is 1.86. The van der Waals surface area contributed by atoms with E-state index in [0.717, 1.165) is 5.69 Å². The molecule has 0 aliphatic rings. The average molecular weight is 163 g/mol. The van der Waals surface area contributed by atoms with Crippen LogP contribution >= 0.6 is 0 Å². The van der Waals surface area contributed by atoms with Gasteiger partial charge in [0.25, 0.3) is 0 Å². The van der Waals surface area contributed by atoms with Gasteiger partial charge in [-0.25, -0.2) is 0 Å². The first kappa shape index (κ1) is 8.59. The molecule has 0 fully saturated rings. The molecule has 0 heterocycles. The van der Waals surface area contributed by atoms with Crippen molar-refractivity contribution in [2.75, 3.05) is 5.32 Å². The molecule has 0 amide bonds. The average Bonchev–Trinajstić information content (AvgIpc) is 2.06. The predicted molar refractivity (Wildman–Crippen MR) is 51.4 cm³/mol. The molecule has 1 unspecified atom stereocenters. The first-order chi connectivity index (χ1) is 5.70. The van der Waals surface area contributed by atoms with E-state index in [4.69, 9.17) is 11.1 Å². The minimum Gasteiger partial charge on any atom is -0.386 e. The summed E-state index contributed by atoms with van der Waals surface area (Å²) in [5.74, 6) is 0.152. The zero-order chi connectivity index (χ0) is 8.97. The molecule has 0 aliphatic carbocycles. The molecule has 1 rings (SSSR count). The van der Waals surface area contributed by atoms with Gasteiger partial charge in [0.15, 0.2) is 0 Å². The first-order valence-electron chi connectivity index (χ1n) is 3.85. The van der Waals surface area contributed by atoms with Crippen molar-refractivity contribution in [3.63, 3.8) is 0 Å². The van der Waals surface area contributed by atoms with Crippen molar-refractivity contribution in [3.05, 3.63) is 30.3 Å². The minimum absolute atomic E-state index is 0.104. The second-order valence-electron chi connectivity index (χ2n) is 2.69. The summed E-state index contributed by atoms with van der Waals surface area (Å²) in [6, 6.07) is 9.61. The van der Waals surface area contributed by atoms with Crippen LogP contribution in [0.2, 0.25) is 0 Å². The van der Waals surface area contributed by atoms with Crippen molar-refractivity contribution in [1.29, 1.82) is 5.41 Å². The number of anilines is 1. The number of rotatable bonds is 3. The highest BCUT2D eigenvalue weighted by Crippen LogP contribution is 2.06. The predicted octanol–water partition coefficient (Wildman–Crippen LogP) is 1.42. The van der Waals surface area contributed by atoms with E-state index in [1.807, 2.05) is 37.3 Å². The molecule has 0 radical (unpaired) electrons. The summed E-state index contributed by atoms with van der Waals surface area (Å²) in [6.07, 6.45) is 0. The lowest BCUT2D eigenvalue weighted by Gasteiger charge is -2.12. The van der Waals surface area contributed by atoms with Crippen molar-refractivity contribution >= 4 is 11.5 Å². The maximum atomic E-state index is 7.16. The molecule has 3 nitrogen and oxygen atoms in total. The highest BCUT2D eigenvalue weighted by Gasteiger charge is 2.02. The molecule has 0 aromatic heterocycles. The van der Waals surface area contributed by atoms with Crippen molar-refractivity contribution < 1.29 is 0 Å². The van der Waals surface area contributed by atoms with Gasteiger partial charge in [-0.05, 0) is 19.1 Å². The van der Waals surface area contributed by atoms with E-state index in [2.05, 4.69) is 5.32 Å². The van der Waals surface area contributed by atoms with Gasteiger partial charge in [0.2, 0.25) is 0 Å². The van der Waals surface area contributed by atoms with Crippen molar-refractivity contribution in [2.24, 2.45) is 5.73 Å². The Morgan fingerprint density at radius 1 is 1.42 bits per heavy atom. The monoisotopic (exact) mass is 163 g/mol. The fraction of sp³-hybridized carbons (Fsp3) is 0.222. The Morgan fingerprint density at radius 2 is 2.00 bits per heavy atom. The van der Waals surface area contributed by atoms with Gasteiger partial charge in [0, 0.05) is 5.69 Å². The smallest absolute Gasteiger partial charge is 0.113 e. The molecule has 0 aliphatic heterocycles. The lowest BCUT2D eigenvalue weighted by molar-refractivity contribution is 1.02. The summed E-state index contributed by atoms with van der Waals surface area (Å²) in [5, 5.41) is 10.3. The summed E-state index contributed by atoms with van der Waals surface area (Å²) >= 11 is 0. The van der Waals surface area contributed by atoms with Gasteiger partial charge >= 0.3 is 0 Å². The largest absolute Gasteiger partial charge is 0.386 e. The minimum atomic E-state index is -0.104. The normalized spacial score (nSPS) is 12.1. The first-order valence-corrected chi connectivity index (χ1v) is 3.85. The van der Waals surface area contributed by atoms with Gasteiger partial charge < -0.3 is 11.1 Å². The molecule has 1 aromatic rings. The fourth-order valence-electron chi connectivity index (χ4n) is 0.862. The van der Waals surface area contributed by atoms with Crippen molar-refractivity contribution in [1.82, 2.24) is 0 Å². The number of nitrogens with one attached hydrogen (secondary N) is 2. The van der Waals surface area contributed by atoms with Crippen LogP contribution in [0.4, 0.5) is 5.69 Å². The van der Waals surface area contributed by atoms with Crippen LogP contribution < -0.4 is 11.1 Å². The quantitative estimate of drug-likeness (QED) is 0.466. The number of hydrogen-bond acceptors (Lipinski definition) is 2. The van der Waals surface area contributed by atoms with E-state index < -0.39 is 0 Å². The summed E-state index contributed by atoms with van der Waals surface area (Å²) < 4.78 is 0. The molecule has 3 heteroatoms. The maximum Gasteiger partial charge on any atom is 0.113 e. The molecule has 0 saturated heterocycles. The molecule has 64 valence electrons. The van der Waals surface area contributed by atoms with Crippen LogP contribution in [-0.2, 0) is 0 Å². The zero-order valence-corrected chi connectivity index (χ0v) is 7.04. The SMILES string of the molecule is CC(Nc1ccccc1)C(=N)N. The molecule has 0 spiro atoms. The Morgan fingerprint density at radius 3 is 2.50 bits per heavy atom. The van der Waals surface area contributed by atoms with Crippen LogP contribution in [0, 0.1) is 5.41 Å². The van der Waals surface area contributed by atoms with Crippen LogP contribution in [0.1, 0.15) is 6.92 Å². The number of para-hydroxylation sites is 1. The molecule has 0 bridgehead atoms. The third kappa shape index (κ3) is 2.27. The van der Waals surface area contributed by atoms with Crippen molar-refractivity contribution in [2.45, 2.75) is 13.0 Å². The number of nitrogens with two attached hydrogens (primary N) is 1. The summed E-state index contributed by atoms with van der Waals surface area (Å²) in [7, 11) is 0. The summed E-state index contributed by atoms with van der Waals surface area (Å²) in [4.78, 5) is 0. The molecule has 4 N–H and O–H groups in total. The molecule has 1 aromatic carbocycles. The number of benzene rings is 1. The standard InChI is InChI=1S/C9H13N3/c1-7(9(10)11)12-8-5-3-2-4-6-8/h2-7,12H,1H3,(H3,10,11). The lowest BCUT2D eigenvalue weighted by Crippen LogP contribution is -2.31. The molecular weight excluding hydrogens is 150 g/mol. The van der Waals surface area contributed by atoms with Gasteiger partial charge in [0.1, 0.15) is 5.84 Å². The van der Waals surface area contributed by atoms with Crippen LogP contribution in [0.5, 0.6) is 0 Å². The molecule has 12 heavy (non-hydrogen) atoms. The second-order valence-corrected chi connectivity index (χ2v) is 2.69. The molecule has 0 saturated carbocycles. The highest BCUT2D eigenvalue weighted by atomic mass is 15.0. The van der Waals surface area contributed by atoms with Gasteiger partial charge in [-0.15, -0.1) is 0 Å². The topological polar surface area (TPSA) is 61.9 Å². The Kier molecular flexibility index (Phi) is 2.69. The van der Waals surface area contributed by atoms with Gasteiger partial charge in [-0.1, -0.05) is 18.2 Å². The lowest BCUT2D eigenvalue weighted by atomic mass is 10.2. The molecular formula is C9H13N3. The maximum absolute atomic E-state index is 7.16. The van der Waals surface area contributed by atoms with Crippen molar-refractivity contribution in [3.8, 4) is 0 Å². The van der Waals surface area contributed by atoms with Gasteiger partial charge in [-0.3, -0.25) is 5.41 Å². The van der Waals surface area contributed by atoms with Crippen LogP contribution in [0.3, 0.4) is 0 Å². The highest BCUT2D eigenvalue weighted by molar-refractivity contribution is 5.84. The number of amidine groups is 1. The van der Waals surface area contributed by atoms with E-state index in [1.54, 1.807) is 0 Å². The van der Waals surface area contributed by atoms with Gasteiger partial charge in [0.05, 0.1) is 6.04 Å². The van der Waals surface area contributed by atoms with Crippen LogP contribution in [0.15, 0.2) is 30.3 Å².